The lowest BCUT2D eigenvalue weighted by atomic mass is 9.86. The molecule has 5 heteroatoms. The number of aromatic nitrogens is 1. The molecule has 39 heavy (non-hydrogen) atoms. The van der Waals surface area contributed by atoms with Crippen molar-refractivity contribution in [2.45, 2.75) is 71.8 Å². The van der Waals surface area contributed by atoms with Gasteiger partial charge in [0.1, 0.15) is 5.82 Å². The minimum Gasteiger partial charge on any atom is -0.398 e. The number of nitrogens with zero attached hydrogens (tertiary/aromatic N) is 3. The average Bonchev–Trinajstić information content (AvgIpc) is 3.42. The molecule has 0 radical (unpaired) electrons. The van der Waals surface area contributed by atoms with E-state index in [4.69, 9.17) is 15.8 Å². The van der Waals surface area contributed by atoms with Crippen molar-refractivity contribution in [1.82, 2.24) is 4.98 Å². The largest absolute Gasteiger partial charge is 0.398 e. The van der Waals surface area contributed by atoms with Gasteiger partial charge in [0.25, 0.3) is 0 Å². The van der Waals surface area contributed by atoms with Gasteiger partial charge < -0.3 is 11.1 Å². The molecular formula is C34H39N5. The molecule has 1 aromatic heterocycles. The van der Waals surface area contributed by atoms with E-state index in [0.29, 0.717) is 12.1 Å². The van der Waals surface area contributed by atoms with Crippen LogP contribution in [0.5, 0.6) is 0 Å². The third-order valence-corrected chi connectivity index (χ3v) is 8.17. The Morgan fingerprint density at radius 3 is 2.38 bits per heavy atom. The van der Waals surface area contributed by atoms with E-state index in [-0.39, 0.29) is 12.0 Å². The fourth-order valence-corrected chi connectivity index (χ4v) is 5.87. The molecule has 0 fully saturated rings. The summed E-state index contributed by atoms with van der Waals surface area (Å²) in [6, 6.07) is 25.2. The topological polar surface area (TPSA) is 78.4 Å². The molecule has 5 nitrogen and oxygen atoms in total. The highest BCUT2D eigenvalue weighted by Gasteiger charge is 2.35. The second kappa shape index (κ2) is 11.4. The molecule has 3 aromatic carbocycles. The lowest BCUT2D eigenvalue weighted by molar-refractivity contribution is 0.701. The van der Waals surface area contributed by atoms with Gasteiger partial charge in [0.05, 0.1) is 23.0 Å². The van der Waals surface area contributed by atoms with Gasteiger partial charge in [-0.25, -0.2) is 9.99 Å². The summed E-state index contributed by atoms with van der Waals surface area (Å²) in [5, 5.41) is 17.5. The first-order chi connectivity index (χ1) is 19.0. The summed E-state index contributed by atoms with van der Waals surface area (Å²) in [5.74, 6) is 0.768. The predicted molar refractivity (Wildman–Crippen MR) is 165 cm³/mol. The van der Waals surface area contributed by atoms with Crippen LogP contribution < -0.4 is 10.7 Å². The number of anilines is 2. The summed E-state index contributed by atoms with van der Waals surface area (Å²) in [5.41, 5.74) is 16.1. The number of para-hydroxylation sites is 1. The molecule has 1 aliphatic heterocycles. The molecule has 0 saturated carbocycles. The van der Waals surface area contributed by atoms with Crippen molar-refractivity contribution in [3.8, 4) is 0 Å². The zero-order valence-corrected chi connectivity index (χ0v) is 23.5. The van der Waals surface area contributed by atoms with Crippen molar-refractivity contribution in [3.05, 3.63) is 101 Å². The van der Waals surface area contributed by atoms with Gasteiger partial charge >= 0.3 is 0 Å². The molecule has 1 aliphatic rings. The van der Waals surface area contributed by atoms with E-state index in [9.17, 15) is 5.41 Å². The molecule has 0 amide bonds. The second-order valence-corrected chi connectivity index (χ2v) is 10.4. The molecule has 200 valence electrons. The molecular weight excluding hydrogens is 478 g/mol. The molecule has 2 heterocycles. The summed E-state index contributed by atoms with van der Waals surface area (Å²) >= 11 is 0. The van der Waals surface area contributed by atoms with Crippen LogP contribution in [0.2, 0.25) is 0 Å². The van der Waals surface area contributed by atoms with E-state index in [1.807, 2.05) is 29.3 Å². The molecule has 0 spiro atoms. The summed E-state index contributed by atoms with van der Waals surface area (Å²) in [6.07, 6.45) is 4.31. The maximum atomic E-state index is 9.30. The van der Waals surface area contributed by atoms with Gasteiger partial charge in [0.15, 0.2) is 0 Å². The summed E-state index contributed by atoms with van der Waals surface area (Å²) in [6.45, 7) is 8.66. The van der Waals surface area contributed by atoms with Crippen LogP contribution in [-0.2, 0) is 19.3 Å². The normalized spacial score (nSPS) is 15.9. The van der Waals surface area contributed by atoms with Crippen LogP contribution in [-0.4, -0.2) is 16.4 Å². The fourth-order valence-electron chi connectivity index (χ4n) is 5.87. The molecule has 3 N–H and O–H groups in total. The lowest BCUT2D eigenvalue weighted by Gasteiger charge is -2.26. The number of hydrazone groups is 1. The summed E-state index contributed by atoms with van der Waals surface area (Å²) in [7, 11) is 0. The first-order valence-electron chi connectivity index (χ1n) is 14.3. The van der Waals surface area contributed by atoms with Crippen molar-refractivity contribution in [3.63, 3.8) is 0 Å². The number of fused-ring (bicyclic) bond motifs is 1. The average molecular weight is 518 g/mol. The highest BCUT2D eigenvalue weighted by molar-refractivity contribution is 6.43. The van der Waals surface area contributed by atoms with Gasteiger partial charge in [-0.1, -0.05) is 82.3 Å². The Balaban J connectivity index is 1.57. The van der Waals surface area contributed by atoms with Crippen LogP contribution in [0, 0.1) is 5.41 Å². The monoisotopic (exact) mass is 517 g/mol. The van der Waals surface area contributed by atoms with Gasteiger partial charge in [-0.3, -0.25) is 0 Å². The summed E-state index contributed by atoms with van der Waals surface area (Å²) < 4.78 is 0. The Labute approximate surface area is 232 Å². The Hall–Kier alpha value is -3.99. The van der Waals surface area contributed by atoms with E-state index in [1.54, 1.807) is 0 Å². The van der Waals surface area contributed by atoms with Gasteiger partial charge in [0.2, 0.25) is 0 Å². The molecule has 0 bridgehead atoms. The predicted octanol–water partition coefficient (Wildman–Crippen LogP) is 8.03. The van der Waals surface area contributed by atoms with Crippen molar-refractivity contribution in [2.75, 3.05) is 10.7 Å². The number of aryl methyl sites for hydroxylation is 2. The van der Waals surface area contributed by atoms with Crippen LogP contribution in [0.15, 0.2) is 77.9 Å². The van der Waals surface area contributed by atoms with Crippen LogP contribution in [0.4, 0.5) is 11.5 Å². The summed E-state index contributed by atoms with van der Waals surface area (Å²) in [4.78, 5) is 4.98. The molecule has 2 atom stereocenters. The lowest BCUT2D eigenvalue weighted by Crippen LogP contribution is -2.22. The third-order valence-electron chi connectivity index (χ3n) is 8.17. The maximum absolute atomic E-state index is 9.30. The number of hydrogen-bond donors (Lipinski definition) is 2. The number of hydrogen-bond acceptors (Lipinski definition) is 5. The highest BCUT2D eigenvalue weighted by atomic mass is 15.5. The molecule has 2 unspecified atom stereocenters. The highest BCUT2D eigenvalue weighted by Crippen LogP contribution is 2.40. The van der Waals surface area contributed by atoms with Gasteiger partial charge in [-0.2, -0.15) is 5.10 Å². The molecule has 4 aromatic rings. The maximum Gasteiger partial charge on any atom is 0.150 e. The SMILES string of the molecule is CCc1ccc(C(CC)C(=N)C2=NN(c3ccc4ccccc4n3)C(c3ccc(CC)c(CC)c3N)C2)cc1. The molecule has 5 rings (SSSR count). The minimum absolute atomic E-state index is 0.00849. The number of rotatable bonds is 9. The van der Waals surface area contributed by atoms with Crippen molar-refractivity contribution in [2.24, 2.45) is 5.10 Å². The third kappa shape index (κ3) is 5.06. The number of nitrogens with two attached hydrogens (primary N) is 1. The van der Waals surface area contributed by atoms with Crippen molar-refractivity contribution in [1.29, 1.82) is 5.41 Å². The number of nitrogen functional groups attached to an aromatic ring is 1. The smallest absolute Gasteiger partial charge is 0.150 e. The van der Waals surface area contributed by atoms with E-state index in [1.165, 1.54) is 22.3 Å². The minimum atomic E-state index is -0.120. The number of benzene rings is 3. The first-order valence-corrected chi connectivity index (χ1v) is 14.3. The number of pyridine rings is 1. The van der Waals surface area contributed by atoms with E-state index < -0.39 is 0 Å². The Morgan fingerprint density at radius 1 is 0.923 bits per heavy atom. The van der Waals surface area contributed by atoms with E-state index >= 15 is 0 Å². The number of nitrogens with one attached hydrogen (secondary N) is 1. The Kier molecular flexibility index (Phi) is 7.78. The zero-order chi connectivity index (χ0) is 27.5. The van der Waals surface area contributed by atoms with Crippen LogP contribution in [0.25, 0.3) is 10.9 Å². The fraction of sp³-hybridized carbons (Fsp3) is 0.324. The van der Waals surface area contributed by atoms with Crippen molar-refractivity contribution >= 4 is 33.8 Å². The van der Waals surface area contributed by atoms with Gasteiger partial charge in [-0.15, -0.1) is 0 Å². The van der Waals surface area contributed by atoms with Crippen molar-refractivity contribution < 1.29 is 0 Å². The van der Waals surface area contributed by atoms with Gasteiger partial charge in [0, 0.05) is 29.0 Å². The first kappa shape index (κ1) is 26.6. The second-order valence-electron chi connectivity index (χ2n) is 10.4. The Bertz CT molecular complexity index is 1520. The quantitative estimate of drug-likeness (QED) is 0.174. The Morgan fingerprint density at radius 2 is 1.69 bits per heavy atom. The van der Waals surface area contributed by atoms with Gasteiger partial charge in [-0.05, 0) is 66.1 Å². The van der Waals surface area contributed by atoms with Crippen LogP contribution in [0.3, 0.4) is 0 Å². The molecule has 0 saturated heterocycles. The van der Waals surface area contributed by atoms with E-state index in [0.717, 1.165) is 59.4 Å². The van der Waals surface area contributed by atoms with E-state index in [2.05, 4.69) is 76.2 Å². The zero-order valence-electron chi connectivity index (χ0n) is 23.5. The van der Waals surface area contributed by atoms with Crippen LogP contribution >= 0.6 is 0 Å². The van der Waals surface area contributed by atoms with Crippen LogP contribution in [0.1, 0.15) is 80.3 Å². The standard InChI is InChI=1S/C34H39N5/c1-5-22-13-15-24(16-14-22)27(8-4)34(36)30-21-31(28-19-17-23(6-2)26(7-3)33(28)35)39(38-30)32-20-18-25-11-9-10-12-29(25)37-32/h9-20,27,31,36H,5-8,21,35H2,1-4H3. The molecule has 0 aliphatic carbocycles.